The molecule has 0 radical (unpaired) electrons. The molecule has 0 unspecified atom stereocenters. The van der Waals surface area contributed by atoms with E-state index in [0.29, 0.717) is 11.3 Å². The zero-order chi connectivity index (χ0) is 22.9. The maximum atomic E-state index is 13.0. The highest BCUT2D eigenvalue weighted by atomic mass is 16.6. The normalized spacial score (nSPS) is 10.7. The van der Waals surface area contributed by atoms with Gasteiger partial charge in [0.15, 0.2) is 5.78 Å². The summed E-state index contributed by atoms with van der Waals surface area (Å²) < 4.78 is 7.34. The largest absolute Gasteiger partial charge is 0.465 e. The number of Topliss-reactive ketones (excluding diaryl/α,β-unsaturated/α-hetero) is 1. The maximum Gasteiger partial charge on any atom is 0.343 e. The van der Waals surface area contributed by atoms with Crippen LogP contribution in [-0.2, 0) is 11.3 Å². The van der Waals surface area contributed by atoms with E-state index in [0.717, 1.165) is 40.9 Å². The second-order valence-corrected chi connectivity index (χ2v) is 7.12. The summed E-state index contributed by atoms with van der Waals surface area (Å²) >= 11 is 0. The number of hydrogen-bond donors (Lipinski definition) is 0. The third-order valence-corrected chi connectivity index (χ3v) is 5.09. The Hall–Kier alpha value is -4.01. The smallest absolute Gasteiger partial charge is 0.343 e. The van der Waals surface area contributed by atoms with E-state index in [1.807, 2.05) is 42.7 Å². The highest BCUT2D eigenvalue weighted by Crippen LogP contribution is 2.24. The van der Waals surface area contributed by atoms with Crippen LogP contribution in [0.25, 0.3) is 5.69 Å². The molecular formula is C22H21N3O6. The van der Waals surface area contributed by atoms with Gasteiger partial charge < -0.3 is 13.9 Å². The standard InChI is InChI=1S/C22H21N3O6/c1-13-7-5-6-8-19(13)24-14(2)9-17(15(24)3)20(26)12-23-11-16(25(29)30)10-18(21(23)27)22(28)31-4/h5-11H,12H2,1-4H3. The first-order valence-corrected chi connectivity index (χ1v) is 9.41. The summed E-state index contributed by atoms with van der Waals surface area (Å²) in [6.45, 7) is 5.17. The number of aryl methyl sites for hydroxylation is 2. The Kier molecular flexibility index (Phi) is 5.87. The fourth-order valence-electron chi connectivity index (χ4n) is 3.56. The van der Waals surface area contributed by atoms with Crippen molar-refractivity contribution in [1.82, 2.24) is 9.13 Å². The number of pyridine rings is 1. The van der Waals surface area contributed by atoms with Gasteiger partial charge in [-0.1, -0.05) is 18.2 Å². The van der Waals surface area contributed by atoms with Gasteiger partial charge in [0.2, 0.25) is 0 Å². The summed E-state index contributed by atoms with van der Waals surface area (Å²) in [7, 11) is 1.07. The number of nitrogens with zero attached hydrogens (tertiary/aromatic N) is 3. The second-order valence-electron chi connectivity index (χ2n) is 7.12. The van der Waals surface area contributed by atoms with Crippen LogP contribution in [0.5, 0.6) is 0 Å². The monoisotopic (exact) mass is 423 g/mol. The van der Waals surface area contributed by atoms with Gasteiger partial charge in [-0.3, -0.25) is 19.7 Å². The molecular weight excluding hydrogens is 402 g/mol. The SMILES string of the molecule is COC(=O)c1cc([N+](=O)[O-])cn(CC(=O)c2cc(C)n(-c3ccccc3C)c2C)c1=O. The molecule has 0 saturated carbocycles. The van der Waals surface area contributed by atoms with Crippen LogP contribution in [0.15, 0.2) is 47.4 Å². The average Bonchev–Trinajstić information content (AvgIpc) is 3.03. The quantitative estimate of drug-likeness (QED) is 0.260. The number of esters is 1. The van der Waals surface area contributed by atoms with Crippen molar-refractivity contribution in [3.05, 3.63) is 91.1 Å². The third-order valence-electron chi connectivity index (χ3n) is 5.09. The number of aromatic nitrogens is 2. The summed E-state index contributed by atoms with van der Waals surface area (Å²) in [4.78, 5) is 48.0. The molecule has 1 aromatic carbocycles. The van der Waals surface area contributed by atoms with Crippen molar-refractivity contribution >= 4 is 17.4 Å². The minimum Gasteiger partial charge on any atom is -0.465 e. The van der Waals surface area contributed by atoms with E-state index < -0.39 is 40.0 Å². The molecule has 0 spiro atoms. The summed E-state index contributed by atoms with van der Waals surface area (Å²) in [6, 6.07) is 10.3. The Morgan fingerprint density at radius 2 is 1.77 bits per heavy atom. The maximum absolute atomic E-state index is 13.0. The topological polar surface area (TPSA) is 113 Å². The second kappa shape index (κ2) is 8.39. The first kappa shape index (κ1) is 21.7. The highest BCUT2D eigenvalue weighted by Gasteiger charge is 2.23. The average molecular weight is 423 g/mol. The van der Waals surface area contributed by atoms with Crippen molar-refractivity contribution in [3.8, 4) is 5.69 Å². The zero-order valence-electron chi connectivity index (χ0n) is 17.5. The molecule has 0 amide bonds. The van der Waals surface area contributed by atoms with E-state index in [9.17, 15) is 24.5 Å². The lowest BCUT2D eigenvalue weighted by Gasteiger charge is -2.13. The van der Waals surface area contributed by atoms with Crippen LogP contribution >= 0.6 is 0 Å². The molecule has 3 aromatic rings. The Bertz CT molecular complexity index is 1270. The van der Waals surface area contributed by atoms with Crippen LogP contribution in [0, 0.1) is 30.9 Å². The Balaban J connectivity index is 2.05. The molecule has 31 heavy (non-hydrogen) atoms. The summed E-state index contributed by atoms with van der Waals surface area (Å²) in [5.41, 5.74) is 2.03. The number of ketones is 1. The fraction of sp³-hybridized carbons (Fsp3) is 0.227. The molecule has 2 heterocycles. The summed E-state index contributed by atoms with van der Waals surface area (Å²) in [5, 5.41) is 11.2. The van der Waals surface area contributed by atoms with Gasteiger partial charge in [-0.05, 0) is 38.5 Å². The number of carbonyl (C=O) groups excluding carboxylic acids is 2. The van der Waals surface area contributed by atoms with Crippen LogP contribution in [0.3, 0.4) is 0 Å². The number of methoxy groups -OCH3 is 1. The molecule has 160 valence electrons. The van der Waals surface area contributed by atoms with E-state index in [1.165, 1.54) is 0 Å². The van der Waals surface area contributed by atoms with Crippen molar-refractivity contribution in [3.63, 3.8) is 0 Å². The van der Waals surface area contributed by atoms with Crippen LogP contribution in [0.4, 0.5) is 5.69 Å². The lowest BCUT2D eigenvalue weighted by Crippen LogP contribution is -2.29. The van der Waals surface area contributed by atoms with Crippen molar-refractivity contribution in [2.45, 2.75) is 27.3 Å². The summed E-state index contributed by atoms with van der Waals surface area (Å²) in [5.74, 6) is -1.42. The Morgan fingerprint density at radius 3 is 2.39 bits per heavy atom. The van der Waals surface area contributed by atoms with Crippen LogP contribution in [0.2, 0.25) is 0 Å². The molecule has 3 rings (SSSR count). The van der Waals surface area contributed by atoms with Crippen molar-refractivity contribution in [1.29, 1.82) is 0 Å². The Labute approximate surface area is 177 Å². The first-order chi connectivity index (χ1) is 14.6. The van der Waals surface area contributed by atoms with E-state index in [1.54, 1.807) is 13.0 Å². The predicted molar refractivity (Wildman–Crippen MR) is 113 cm³/mol. The summed E-state index contributed by atoms with van der Waals surface area (Å²) in [6.07, 6.45) is 0.952. The number of para-hydroxylation sites is 1. The molecule has 9 heteroatoms. The van der Waals surface area contributed by atoms with E-state index in [4.69, 9.17) is 0 Å². The number of rotatable bonds is 6. The van der Waals surface area contributed by atoms with Crippen molar-refractivity contribution in [2.75, 3.05) is 7.11 Å². The van der Waals surface area contributed by atoms with Crippen LogP contribution in [0.1, 0.15) is 37.7 Å². The molecule has 0 atom stereocenters. The first-order valence-electron chi connectivity index (χ1n) is 9.41. The number of hydrogen-bond acceptors (Lipinski definition) is 6. The minimum absolute atomic E-state index is 0.388. The van der Waals surface area contributed by atoms with Crippen molar-refractivity contribution in [2.24, 2.45) is 0 Å². The lowest BCUT2D eigenvalue weighted by molar-refractivity contribution is -0.385. The minimum atomic E-state index is -1.01. The third kappa shape index (κ3) is 4.02. The molecule has 0 aliphatic carbocycles. The number of carbonyl (C=O) groups is 2. The zero-order valence-corrected chi connectivity index (χ0v) is 17.5. The molecule has 2 aromatic heterocycles. The van der Waals surface area contributed by atoms with E-state index >= 15 is 0 Å². The predicted octanol–water partition coefficient (Wildman–Crippen LogP) is 3.14. The van der Waals surface area contributed by atoms with E-state index in [-0.39, 0.29) is 0 Å². The molecule has 0 bridgehead atoms. The highest BCUT2D eigenvalue weighted by molar-refractivity contribution is 5.97. The van der Waals surface area contributed by atoms with Gasteiger partial charge in [0, 0.05) is 28.7 Å². The Morgan fingerprint density at radius 1 is 1.10 bits per heavy atom. The van der Waals surface area contributed by atoms with Gasteiger partial charge in [0.05, 0.1) is 24.8 Å². The van der Waals surface area contributed by atoms with E-state index in [2.05, 4.69) is 4.74 Å². The molecule has 0 aliphatic rings. The number of ether oxygens (including phenoxy) is 1. The fourth-order valence-corrected chi connectivity index (χ4v) is 3.56. The van der Waals surface area contributed by atoms with Gasteiger partial charge in [-0.15, -0.1) is 0 Å². The van der Waals surface area contributed by atoms with Gasteiger partial charge in [0.25, 0.3) is 11.2 Å². The molecule has 9 nitrogen and oxygen atoms in total. The molecule has 0 N–H and O–H groups in total. The number of nitro groups is 1. The molecule has 0 saturated heterocycles. The van der Waals surface area contributed by atoms with Crippen LogP contribution < -0.4 is 5.56 Å². The molecule has 0 fully saturated rings. The van der Waals surface area contributed by atoms with Gasteiger partial charge in [0.1, 0.15) is 5.56 Å². The lowest BCUT2D eigenvalue weighted by atomic mass is 10.1. The van der Waals surface area contributed by atoms with Gasteiger partial charge in [-0.2, -0.15) is 0 Å². The van der Waals surface area contributed by atoms with Crippen LogP contribution in [-0.4, -0.2) is 32.9 Å². The number of benzene rings is 1. The van der Waals surface area contributed by atoms with Gasteiger partial charge in [-0.25, -0.2) is 4.79 Å². The van der Waals surface area contributed by atoms with Crippen molar-refractivity contribution < 1.29 is 19.2 Å². The van der Waals surface area contributed by atoms with Gasteiger partial charge >= 0.3 is 5.97 Å². The molecule has 0 aliphatic heterocycles.